The number of piperidine rings is 1. The fourth-order valence-electron chi connectivity index (χ4n) is 4.53. The highest BCUT2D eigenvalue weighted by Gasteiger charge is 2.31. The Morgan fingerprint density at radius 2 is 1.80 bits per heavy atom. The van der Waals surface area contributed by atoms with E-state index in [1.165, 1.54) is 10.4 Å². The number of aryl methyl sites for hydroxylation is 1. The molecule has 0 radical (unpaired) electrons. The summed E-state index contributed by atoms with van der Waals surface area (Å²) in [6, 6.07) is 10.4. The zero-order valence-corrected chi connectivity index (χ0v) is 19.0. The van der Waals surface area contributed by atoms with Crippen LogP contribution in [-0.4, -0.2) is 61.6 Å². The molecule has 0 atom stereocenters. The first-order valence-corrected chi connectivity index (χ1v) is 12.0. The number of hydrogen-bond donors (Lipinski definition) is 0. The summed E-state index contributed by atoms with van der Waals surface area (Å²) in [6.45, 7) is 11.3. The number of carbonyl (C=O) groups excluding carboxylic acids is 1. The quantitative estimate of drug-likeness (QED) is 0.698. The van der Waals surface area contributed by atoms with E-state index in [1.807, 2.05) is 30.4 Å². The first kappa shape index (κ1) is 21.2. The van der Waals surface area contributed by atoms with Crippen LogP contribution < -0.4 is 9.64 Å². The van der Waals surface area contributed by atoms with Crippen molar-refractivity contribution >= 4 is 22.9 Å². The molecule has 2 saturated heterocycles. The average Bonchev–Trinajstić information content (AvgIpc) is 3.19. The lowest BCUT2D eigenvalue weighted by Crippen LogP contribution is -2.51. The summed E-state index contributed by atoms with van der Waals surface area (Å²) in [4.78, 5) is 21.5. The Morgan fingerprint density at radius 3 is 2.47 bits per heavy atom. The molecule has 1 amide bonds. The van der Waals surface area contributed by atoms with Crippen LogP contribution in [0.15, 0.2) is 35.7 Å². The number of thiophene rings is 1. The predicted octanol–water partition coefficient (Wildman–Crippen LogP) is 4.02. The molecule has 5 nitrogen and oxygen atoms in total. The third kappa shape index (κ3) is 4.81. The molecule has 4 rings (SSSR count). The van der Waals surface area contributed by atoms with Crippen molar-refractivity contribution in [3.63, 3.8) is 0 Å². The third-order valence-corrected chi connectivity index (χ3v) is 7.38. The van der Waals surface area contributed by atoms with Crippen LogP contribution >= 0.6 is 11.3 Å². The summed E-state index contributed by atoms with van der Waals surface area (Å²) in [5.41, 5.74) is 2.53. The number of ether oxygens (including phenoxy) is 1. The van der Waals surface area contributed by atoms with Gasteiger partial charge in [0.2, 0.25) is 5.91 Å². The predicted molar refractivity (Wildman–Crippen MR) is 123 cm³/mol. The van der Waals surface area contributed by atoms with Gasteiger partial charge in [-0.15, -0.1) is 11.3 Å². The topological polar surface area (TPSA) is 36.0 Å². The molecule has 1 aromatic heterocycles. The molecule has 0 bridgehead atoms. The van der Waals surface area contributed by atoms with E-state index in [-0.39, 0.29) is 5.92 Å². The molecule has 2 aliphatic rings. The highest BCUT2D eigenvalue weighted by molar-refractivity contribution is 7.10. The number of hydrogen-bond acceptors (Lipinski definition) is 5. The van der Waals surface area contributed by atoms with Gasteiger partial charge < -0.3 is 14.5 Å². The second-order valence-corrected chi connectivity index (χ2v) is 9.29. The first-order valence-electron chi connectivity index (χ1n) is 11.2. The molecule has 2 aromatic rings. The van der Waals surface area contributed by atoms with Crippen molar-refractivity contribution in [1.82, 2.24) is 9.80 Å². The Kier molecular flexibility index (Phi) is 6.95. The summed E-state index contributed by atoms with van der Waals surface area (Å²) in [5, 5.41) is 2.17. The Balaban J connectivity index is 1.26. The van der Waals surface area contributed by atoms with Crippen molar-refractivity contribution in [2.45, 2.75) is 33.2 Å². The van der Waals surface area contributed by atoms with E-state index in [2.05, 4.69) is 45.2 Å². The first-order chi connectivity index (χ1) is 14.7. The molecular formula is C24H33N3O2S. The van der Waals surface area contributed by atoms with Crippen LogP contribution in [0, 0.1) is 12.8 Å². The van der Waals surface area contributed by atoms with Crippen molar-refractivity contribution in [2.24, 2.45) is 5.92 Å². The molecule has 30 heavy (non-hydrogen) atoms. The molecule has 0 N–H and O–H groups in total. The van der Waals surface area contributed by atoms with Crippen LogP contribution in [0.25, 0.3) is 0 Å². The van der Waals surface area contributed by atoms with Crippen LogP contribution in [0.3, 0.4) is 0 Å². The van der Waals surface area contributed by atoms with Gasteiger partial charge in [0.05, 0.1) is 12.3 Å². The minimum Gasteiger partial charge on any atom is -0.492 e. The molecule has 0 spiro atoms. The fraction of sp³-hybridized carbons (Fsp3) is 0.542. The molecule has 0 aliphatic carbocycles. The van der Waals surface area contributed by atoms with Gasteiger partial charge in [0, 0.05) is 43.5 Å². The molecule has 1 aromatic carbocycles. The normalized spacial score (nSPS) is 18.6. The van der Waals surface area contributed by atoms with E-state index >= 15 is 0 Å². The second kappa shape index (κ2) is 9.84. The number of likely N-dealkylation sites (tertiary alicyclic amines) is 1. The number of piperazine rings is 1. The van der Waals surface area contributed by atoms with E-state index < -0.39 is 0 Å². The van der Waals surface area contributed by atoms with Gasteiger partial charge in [0.25, 0.3) is 0 Å². The molecular weight excluding hydrogens is 394 g/mol. The van der Waals surface area contributed by atoms with Crippen LogP contribution in [0.2, 0.25) is 0 Å². The molecule has 6 heteroatoms. The maximum Gasteiger partial charge on any atom is 0.225 e. The van der Waals surface area contributed by atoms with Gasteiger partial charge in [0.1, 0.15) is 5.75 Å². The highest BCUT2D eigenvalue weighted by atomic mass is 32.1. The standard InChI is InChI=1S/C24H33N3O2S/c1-3-29-22-7-5-4-6-21(22)26-13-15-27(16-14-26)24(28)20-8-11-25(12-9-20)18-23-19(2)10-17-30-23/h4-7,10,17,20H,3,8-9,11-16,18H2,1-2H3. The summed E-state index contributed by atoms with van der Waals surface area (Å²) in [7, 11) is 0. The lowest BCUT2D eigenvalue weighted by atomic mass is 9.95. The molecule has 0 saturated carbocycles. The number of anilines is 1. The SMILES string of the molecule is CCOc1ccccc1N1CCN(C(=O)C2CCN(Cc3sccc3C)CC2)CC1. The smallest absolute Gasteiger partial charge is 0.225 e. The third-order valence-electron chi connectivity index (χ3n) is 6.37. The number of para-hydroxylation sites is 2. The highest BCUT2D eigenvalue weighted by Crippen LogP contribution is 2.30. The Bertz CT molecular complexity index is 836. The summed E-state index contributed by atoms with van der Waals surface area (Å²) >= 11 is 1.84. The summed E-state index contributed by atoms with van der Waals surface area (Å²) < 4.78 is 5.79. The number of carbonyl (C=O) groups is 1. The number of nitrogens with zero attached hydrogens (tertiary/aromatic N) is 3. The average molecular weight is 428 g/mol. The van der Waals surface area contributed by atoms with Crippen molar-refractivity contribution < 1.29 is 9.53 Å². The van der Waals surface area contributed by atoms with Crippen molar-refractivity contribution in [3.05, 3.63) is 46.2 Å². The van der Waals surface area contributed by atoms with Gasteiger partial charge in [-0.3, -0.25) is 9.69 Å². The van der Waals surface area contributed by atoms with Crippen LogP contribution in [0.1, 0.15) is 30.2 Å². The summed E-state index contributed by atoms with van der Waals surface area (Å²) in [5.74, 6) is 1.49. The number of amides is 1. The Hall–Kier alpha value is -2.05. The largest absolute Gasteiger partial charge is 0.492 e. The molecule has 162 valence electrons. The van der Waals surface area contributed by atoms with Crippen LogP contribution in [0.5, 0.6) is 5.75 Å². The van der Waals surface area contributed by atoms with Gasteiger partial charge in [-0.2, -0.15) is 0 Å². The lowest BCUT2D eigenvalue weighted by molar-refractivity contribution is -0.137. The van der Waals surface area contributed by atoms with Crippen molar-refractivity contribution in [1.29, 1.82) is 0 Å². The van der Waals surface area contributed by atoms with E-state index in [0.29, 0.717) is 12.5 Å². The Labute approximate surface area is 184 Å². The van der Waals surface area contributed by atoms with Crippen LogP contribution in [0.4, 0.5) is 5.69 Å². The van der Waals surface area contributed by atoms with Gasteiger partial charge in [-0.05, 0) is 68.9 Å². The molecule has 2 fully saturated rings. The van der Waals surface area contributed by atoms with Crippen LogP contribution in [-0.2, 0) is 11.3 Å². The maximum absolute atomic E-state index is 13.1. The lowest BCUT2D eigenvalue weighted by Gasteiger charge is -2.39. The van der Waals surface area contributed by atoms with Gasteiger partial charge in [-0.25, -0.2) is 0 Å². The molecule has 0 unspecified atom stereocenters. The minimum absolute atomic E-state index is 0.188. The Morgan fingerprint density at radius 1 is 1.07 bits per heavy atom. The molecule has 2 aliphatic heterocycles. The van der Waals surface area contributed by atoms with E-state index in [1.54, 1.807) is 0 Å². The maximum atomic E-state index is 13.1. The monoisotopic (exact) mass is 427 g/mol. The fourth-order valence-corrected chi connectivity index (χ4v) is 5.48. The van der Waals surface area contributed by atoms with E-state index in [0.717, 1.165) is 70.1 Å². The van der Waals surface area contributed by atoms with E-state index in [9.17, 15) is 4.79 Å². The minimum atomic E-state index is 0.188. The van der Waals surface area contributed by atoms with Gasteiger partial charge in [0.15, 0.2) is 0 Å². The number of benzene rings is 1. The van der Waals surface area contributed by atoms with Crippen molar-refractivity contribution in [2.75, 3.05) is 50.8 Å². The second-order valence-electron chi connectivity index (χ2n) is 8.29. The zero-order valence-electron chi connectivity index (χ0n) is 18.2. The van der Waals surface area contributed by atoms with Crippen molar-refractivity contribution in [3.8, 4) is 5.75 Å². The molecule has 3 heterocycles. The zero-order chi connectivity index (χ0) is 20.9. The summed E-state index contributed by atoms with van der Waals surface area (Å²) in [6.07, 6.45) is 1.97. The number of rotatable bonds is 6. The van der Waals surface area contributed by atoms with E-state index in [4.69, 9.17) is 4.74 Å². The van der Waals surface area contributed by atoms with Gasteiger partial charge in [-0.1, -0.05) is 12.1 Å². The van der Waals surface area contributed by atoms with Gasteiger partial charge >= 0.3 is 0 Å².